The molecule has 1 aromatic rings. The summed E-state index contributed by atoms with van der Waals surface area (Å²) in [6.45, 7) is 2.93. The second kappa shape index (κ2) is 5.32. The summed E-state index contributed by atoms with van der Waals surface area (Å²) >= 11 is 1.62. The minimum absolute atomic E-state index is 0.202. The van der Waals surface area contributed by atoms with Crippen LogP contribution in [0.2, 0.25) is 0 Å². The SMILES string of the molecule is Nc1ccsc1CNCC(=O)N1CCCC1. The largest absolute Gasteiger partial charge is 0.398 e. The van der Waals surface area contributed by atoms with E-state index >= 15 is 0 Å². The van der Waals surface area contributed by atoms with E-state index in [0.717, 1.165) is 36.5 Å². The Kier molecular flexibility index (Phi) is 3.79. The van der Waals surface area contributed by atoms with Crippen LogP contribution in [0.25, 0.3) is 0 Å². The van der Waals surface area contributed by atoms with Gasteiger partial charge in [0.05, 0.1) is 6.54 Å². The van der Waals surface area contributed by atoms with Gasteiger partial charge < -0.3 is 16.0 Å². The third-order valence-electron chi connectivity index (χ3n) is 2.80. The minimum atomic E-state index is 0.202. The molecule has 0 atom stereocenters. The number of hydrogen-bond acceptors (Lipinski definition) is 4. The van der Waals surface area contributed by atoms with Crippen LogP contribution >= 0.6 is 11.3 Å². The number of likely N-dealkylation sites (tertiary alicyclic amines) is 1. The van der Waals surface area contributed by atoms with Gasteiger partial charge >= 0.3 is 0 Å². The molecule has 4 nitrogen and oxygen atoms in total. The van der Waals surface area contributed by atoms with Crippen molar-refractivity contribution in [3.05, 3.63) is 16.3 Å². The van der Waals surface area contributed by atoms with E-state index < -0.39 is 0 Å². The smallest absolute Gasteiger partial charge is 0.236 e. The quantitative estimate of drug-likeness (QED) is 0.825. The number of anilines is 1. The highest BCUT2D eigenvalue weighted by atomic mass is 32.1. The molecule has 2 heterocycles. The second-order valence-electron chi connectivity index (χ2n) is 3.99. The third-order valence-corrected chi connectivity index (χ3v) is 3.74. The van der Waals surface area contributed by atoms with Crippen molar-refractivity contribution < 1.29 is 4.79 Å². The fourth-order valence-corrected chi connectivity index (χ4v) is 2.62. The van der Waals surface area contributed by atoms with Crippen LogP contribution in [-0.4, -0.2) is 30.4 Å². The van der Waals surface area contributed by atoms with Gasteiger partial charge in [-0.05, 0) is 24.3 Å². The maximum Gasteiger partial charge on any atom is 0.236 e. The van der Waals surface area contributed by atoms with E-state index in [1.165, 1.54) is 0 Å². The standard InChI is InChI=1S/C11H17N3OS/c12-9-3-6-16-10(9)7-13-8-11(15)14-4-1-2-5-14/h3,6,13H,1-2,4-5,7-8,12H2. The Morgan fingerprint density at radius 2 is 2.25 bits per heavy atom. The molecule has 2 rings (SSSR count). The van der Waals surface area contributed by atoms with Gasteiger partial charge in [0.1, 0.15) is 0 Å². The Hall–Kier alpha value is -1.07. The number of nitrogens with zero attached hydrogens (tertiary/aromatic N) is 1. The summed E-state index contributed by atoms with van der Waals surface area (Å²) < 4.78 is 0. The average Bonchev–Trinajstić information content (AvgIpc) is 2.90. The Balaban J connectivity index is 1.71. The Morgan fingerprint density at radius 1 is 1.50 bits per heavy atom. The minimum Gasteiger partial charge on any atom is -0.398 e. The monoisotopic (exact) mass is 239 g/mol. The van der Waals surface area contributed by atoms with Crippen LogP contribution < -0.4 is 11.1 Å². The first-order valence-corrected chi connectivity index (χ1v) is 6.45. The average molecular weight is 239 g/mol. The summed E-state index contributed by atoms with van der Waals surface area (Å²) in [7, 11) is 0. The van der Waals surface area contributed by atoms with Gasteiger partial charge in [-0.2, -0.15) is 0 Å². The molecule has 16 heavy (non-hydrogen) atoms. The van der Waals surface area contributed by atoms with Crippen molar-refractivity contribution in [2.45, 2.75) is 19.4 Å². The summed E-state index contributed by atoms with van der Waals surface area (Å²) in [4.78, 5) is 14.7. The van der Waals surface area contributed by atoms with Crippen molar-refractivity contribution >= 4 is 22.9 Å². The first kappa shape index (κ1) is 11.4. The number of nitrogens with two attached hydrogens (primary N) is 1. The van der Waals surface area contributed by atoms with E-state index in [1.54, 1.807) is 11.3 Å². The van der Waals surface area contributed by atoms with Crippen LogP contribution in [0.4, 0.5) is 5.69 Å². The van der Waals surface area contributed by atoms with Crippen molar-refractivity contribution in [2.24, 2.45) is 0 Å². The van der Waals surface area contributed by atoms with Gasteiger partial charge in [0.25, 0.3) is 0 Å². The molecular formula is C11H17N3OS. The zero-order valence-electron chi connectivity index (χ0n) is 9.24. The number of nitrogen functional groups attached to an aromatic ring is 1. The lowest BCUT2D eigenvalue weighted by atomic mass is 10.4. The molecule has 1 aromatic heterocycles. The van der Waals surface area contributed by atoms with Gasteiger partial charge in [0.2, 0.25) is 5.91 Å². The molecule has 1 amide bonds. The molecule has 5 heteroatoms. The van der Waals surface area contributed by atoms with Crippen LogP contribution in [0.1, 0.15) is 17.7 Å². The van der Waals surface area contributed by atoms with Gasteiger partial charge in [-0.25, -0.2) is 0 Å². The van der Waals surface area contributed by atoms with Gasteiger partial charge in [-0.1, -0.05) is 0 Å². The van der Waals surface area contributed by atoms with Crippen LogP contribution in [-0.2, 0) is 11.3 Å². The van der Waals surface area contributed by atoms with Crippen LogP contribution in [0.15, 0.2) is 11.4 Å². The fourth-order valence-electron chi connectivity index (χ4n) is 1.86. The molecule has 0 aliphatic carbocycles. The summed E-state index contributed by atoms with van der Waals surface area (Å²) in [5.74, 6) is 0.202. The zero-order valence-corrected chi connectivity index (χ0v) is 10.1. The number of thiophene rings is 1. The normalized spacial score (nSPS) is 15.6. The van der Waals surface area contributed by atoms with E-state index in [-0.39, 0.29) is 5.91 Å². The Labute approximate surface area is 99.4 Å². The van der Waals surface area contributed by atoms with Crippen molar-refractivity contribution in [3.8, 4) is 0 Å². The molecule has 1 fully saturated rings. The third kappa shape index (κ3) is 2.74. The van der Waals surface area contributed by atoms with Crippen molar-refractivity contribution in [1.82, 2.24) is 10.2 Å². The summed E-state index contributed by atoms with van der Waals surface area (Å²) in [6.07, 6.45) is 2.28. The summed E-state index contributed by atoms with van der Waals surface area (Å²) in [5, 5.41) is 5.11. The topological polar surface area (TPSA) is 58.4 Å². The van der Waals surface area contributed by atoms with Crippen molar-refractivity contribution in [2.75, 3.05) is 25.4 Å². The molecule has 0 unspecified atom stereocenters. The van der Waals surface area contributed by atoms with E-state index in [2.05, 4.69) is 5.32 Å². The van der Waals surface area contributed by atoms with Crippen LogP contribution in [0.5, 0.6) is 0 Å². The van der Waals surface area contributed by atoms with E-state index in [9.17, 15) is 4.79 Å². The number of amides is 1. The molecule has 0 spiro atoms. The first-order chi connectivity index (χ1) is 7.77. The van der Waals surface area contributed by atoms with Crippen molar-refractivity contribution in [1.29, 1.82) is 0 Å². The van der Waals surface area contributed by atoms with Crippen molar-refractivity contribution in [3.63, 3.8) is 0 Å². The van der Waals surface area contributed by atoms with Gasteiger partial charge in [0.15, 0.2) is 0 Å². The van der Waals surface area contributed by atoms with E-state index in [1.807, 2.05) is 16.3 Å². The maximum atomic E-state index is 11.7. The molecule has 1 aliphatic rings. The molecule has 1 saturated heterocycles. The predicted molar refractivity (Wildman–Crippen MR) is 66.3 cm³/mol. The van der Waals surface area contributed by atoms with Crippen LogP contribution in [0.3, 0.4) is 0 Å². The molecule has 1 aliphatic heterocycles. The molecule has 0 saturated carbocycles. The number of carbonyl (C=O) groups excluding carboxylic acids is 1. The number of carbonyl (C=O) groups is 1. The van der Waals surface area contributed by atoms with E-state index in [0.29, 0.717) is 13.1 Å². The fraction of sp³-hybridized carbons (Fsp3) is 0.545. The predicted octanol–water partition coefficient (Wildman–Crippen LogP) is 1.04. The highest BCUT2D eigenvalue weighted by Crippen LogP contribution is 2.18. The summed E-state index contributed by atoms with van der Waals surface area (Å²) in [6, 6.07) is 1.89. The van der Waals surface area contributed by atoms with Gasteiger partial charge in [-0.3, -0.25) is 4.79 Å². The molecule has 88 valence electrons. The number of hydrogen-bond donors (Lipinski definition) is 2. The molecule has 0 radical (unpaired) electrons. The highest BCUT2D eigenvalue weighted by Gasteiger charge is 2.16. The van der Waals surface area contributed by atoms with Gasteiger partial charge in [-0.15, -0.1) is 11.3 Å². The molecule has 0 aromatic carbocycles. The lowest BCUT2D eigenvalue weighted by Gasteiger charge is -2.15. The van der Waals surface area contributed by atoms with E-state index in [4.69, 9.17) is 5.73 Å². The molecule has 0 bridgehead atoms. The maximum absolute atomic E-state index is 11.7. The molecule has 3 N–H and O–H groups in total. The number of nitrogens with one attached hydrogen (secondary N) is 1. The van der Waals surface area contributed by atoms with Crippen LogP contribution in [0, 0.1) is 0 Å². The number of rotatable bonds is 4. The summed E-state index contributed by atoms with van der Waals surface area (Å²) in [5.41, 5.74) is 6.57. The Morgan fingerprint density at radius 3 is 2.88 bits per heavy atom. The lowest BCUT2D eigenvalue weighted by molar-refractivity contribution is -0.129. The first-order valence-electron chi connectivity index (χ1n) is 5.57. The molecular weight excluding hydrogens is 222 g/mol. The zero-order chi connectivity index (χ0) is 11.4. The highest BCUT2D eigenvalue weighted by molar-refractivity contribution is 7.10. The lowest BCUT2D eigenvalue weighted by Crippen LogP contribution is -2.35. The van der Waals surface area contributed by atoms with Gasteiger partial charge in [0, 0.05) is 30.2 Å². The second-order valence-corrected chi connectivity index (χ2v) is 4.99. The Bertz CT molecular complexity index is 358.